The molecule has 1 rings (SSSR count). The minimum atomic E-state index is -0.876. The van der Waals surface area contributed by atoms with Gasteiger partial charge in [0.1, 0.15) is 11.6 Å². The molecule has 0 radical (unpaired) electrons. The van der Waals surface area contributed by atoms with Gasteiger partial charge in [0, 0.05) is 11.1 Å². The van der Waals surface area contributed by atoms with Gasteiger partial charge in [-0.15, -0.1) is 0 Å². The van der Waals surface area contributed by atoms with Gasteiger partial charge in [0.15, 0.2) is 6.29 Å². The predicted molar refractivity (Wildman–Crippen MR) is 41.5 cm³/mol. The van der Waals surface area contributed by atoms with Crippen LogP contribution in [0, 0.1) is 18.6 Å². The second-order valence-corrected chi connectivity index (χ2v) is 2.70. The summed E-state index contributed by atoms with van der Waals surface area (Å²) in [5.74, 6) is -1.64. The molecule has 1 aromatic rings. The average molecular weight is 191 g/mol. The smallest absolute Gasteiger partial charge is 0.151 e. The van der Waals surface area contributed by atoms with E-state index in [1.807, 2.05) is 0 Å². The van der Waals surface area contributed by atoms with E-state index in [9.17, 15) is 13.6 Å². The molecule has 0 fully saturated rings. The van der Waals surface area contributed by atoms with Crippen molar-refractivity contribution >= 4 is 17.9 Å². The molecule has 0 aliphatic carbocycles. The second-order valence-electron chi connectivity index (χ2n) is 2.32. The molecular weight excluding hydrogens is 186 g/mol. The number of halogens is 3. The van der Waals surface area contributed by atoms with Crippen molar-refractivity contribution in [2.45, 2.75) is 6.92 Å². The van der Waals surface area contributed by atoms with Crippen molar-refractivity contribution in [1.29, 1.82) is 0 Å². The Morgan fingerprint density at radius 3 is 2.58 bits per heavy atom. The van der Waals surface area contributed by atoms with E-state index >= 15 is 0 Å². The standard InChI is InChI=1S/C8H5ClF2O/c1-4-6(10)2-5(3-12)7(9)8(4)11/h2-3H,1H3. The molecule has 0 aliphatic rings. The SMILES string of the molecule is Cc1c(F)cc(C=O)c(Cl)c1F. The van der Waals surface area contributed by atoms with E-state index in [-0.39, 0.29) is 16.1 Å². The molecule has 0 saturated heterocycles. The zero-order valence-corrected chi connectivity index (χ0v) is 6.95. The van der Waals surface area contributed by atoms with Gasteiger partial charge in [0.05, 0.1) is 5.02 Å². The molecule has 0 bridgehead atoms. The topological polar surface area (TPSA) is 17.1 Å². The minimum Gasteiger partial charge on any atom is -0.298 e. The highest BCUT2D eigenvalue weighted by atomic mass is 35.5. The highest BCUT2D eigenvalue weighted by Gasteiger charge is 2.12. The van der Waals surface area contributed by atoms with Crippen LogP contribution in [-0.2, 0) is 0 Å². The summed E-state index contributed by atoms with van der Waals surface area (Å²) in [5, 5.41) is -0.330. The number of carbonyl (C=O) groups is 1. The summed E-state index contributed by atoms with van der Waals surface area (Å²) >= 11 is 5.40. The van der Waals surface area contributed by atoms with E-state index in [4.69, 9.17) is 11.6 Å². The van der Waals surface area contributed by atoms with Gasteiger partial charge in [0.25, 0.3) is 0 Å². The lowest BCUT2D eigenvalue weighted by Crippen LogP contribution is -1.94. The van der Waals surface area contributed by atoms with Crippen molar-refractivity contribution in [1.82, 2.24) is 0 Å². The van der Waals surface area contributed by atoms with Gasteiger partial charge in [-0.1, -0.05) is 11.6 Å². The molecule has 0 heterocycles. The van der Waals surface area contributed by atoms with Crippen LogP contribution < -0.4 is 0 Å². The molecule has 0 unspecified atom stereocenters. The third kappa shape index (κ3) is 1.32. The second kappa shape index (κ2) is 3.19. The third-order valence-corrected chi connectivity index (χ3v) is 1.93. The van der Waals surface area contributed by atoms with E-state index in [1.54, 1.807) is 0 Å². The van der Waals surface area contributed by atoms with E-state index in [0.29, 0.717) is 6.29 Å². The monoisotopic (exact) mass is 190 g/mol. The Morgan fingerprint density at radius 1 is 1.50 bits per heavy atom. The molecule has 0 aliphatic heterocycles. The summed E-state index contributed by atoms with van der Waals surface area (Å²) in [5.41, 5.74) is -0.345. The maximum absolute atomic E-state index is 12.9. The quantitative estimate of drug-likeness (QED) is 0.492. The van der Waals surface area contributed by atoms with Crippen LogP contribution in [0.2, 0.25) is 5.02 Å². The van der Waals surface area contributed by atoms with Crippen molar-refractivity contribution < 1.29 is 13.6 Å². The maximum atomic E-state index is 12.9. The Balaban J connectivity index is 3.49. The van der Waals surface area contributed by atoms with Crippen molar-refractivity contribution in [3.05, 3.63) is 33.9 Å². The molecule has 12 heavy (non-hydrogen) atoms. The molecule has 0 atom stereocenters. The van der Waals surface area contributed by atoms with Crippen LogP contribution in [0.15, 0.2) is 6.07 Å². The van der Waals surface area contributed by atoms with Crippen LogP contribution in [0.4, 0.5) is 8.78 Å². The molecular formula is C8H5ClF2O. The van der Waals surface area contributed by atoms with Gasteiger partial charge in [0.2, 0.25) is 0 Å². The summed E-state index contributed by atoms with van der Waals surface area (Å²) in [6, 6.07) is 0.910. The fraction of sp³-hybridized carbons (Fsp3) is 0.125. The zero-order chi connectivity index (χ0) is 9.30. The lowest BCUT2D eigenvalue weighted by molar-refractivity contribution is 0.112. The van der Waals surface area contributed by atoms with Crippen molar-refractivity contribution in [3.8, 4) is 0 Å². The molecule has 0 aromatic heterocycles. The van der Waals surface area contributed by atoms with Crippen molar-refractivity contribution in [2.75, 3.05) is 0 Å². The van der Waals surface area contributed by atoms with Crippen molar-refractivity contribution in [3.63, 3.8) is 0 Å². The van der Waals surface area contributed by atoms with Crippen LogP contribution in [0.1, 0.15) is 15.9 Å². The lowest BCUT2D eigenvalue weighted by Gasteiger charge is -2.02. The Kier molecular flexibility index (Phi) is 2.43. The Hall–Kier alpha value is -0.960. The summed E-state index contributed by atoms with van der Waals surface area (Å²) in [6.45, 7) is 1.26. The van der Waals surface area contributed by atoms with Gasteiger partial charge in [-0.25, -0.2) is 8.78 Å². The maximum Gasteiger partial charge on any atom is 0.151 e. The van der Waals surface area contributed by atoms with Gasteiger partial charge < -0.3 is 0 Å². The number of rotatable bonds is 1. The van der Waals surface area contributed by atoms with Gasteiger partial charge in [-0.2, -0.15) is 0 Å². The number of hydrogen-bond acceptors (Lipinski definition) is 1. The van der Waals surface area contributed by atoms with Crippen LogP contribution >= 0.6 is 11.6 Å². The van der Waals surface area contributed by atoms with E-state index in [1.165, 1.54) is 6.92 Å². The predicted octanol–water partition coefficient (Wildman–Crippen LogP) is 2.74. The number of hydrogen-bond donors (Lipinski definition) is 0. The fourth-order valence-corrected chi connectivity index (χ4v) is 1.03. The fourth-order valence-electron chi connectivity index (χ4n) is 0.790. The lowest BCUT2D eigenvalue weighted by atomic mass is 10.1. The van der Waals surface area contributed by atoms with Crippen LogP contribution in [0.5, 0.6) is 0 Å². The highest BCUT2D eigenvalue weighted by Crippen LogP contribution is 2.23. The molecule has 0 saturated carbocycles. The van der Waals surface area contributed by atoms with E-state index < -0.39 is 11.6 Å². The van der Waals surface area contributed by atoms with Gasteiger partial charge in [-0.05, 0) is 13.0 Å². The highest BCUT2D eigenvalue weighted by molar-refractivity contribution is 6.33. The molecule has 0 N–H and O–H groups in total. The first kappa shape index (κ1) is 9.13. The van der Waals surface area contributed by atoms with Crippen LogP contribution in [-0.4, -0.2) is 6.29 Å². The largest absolute Gasteiger partial charge is 0.298 e. The number of aldehydes is 1. The summed E-state index contributed by atoms with van der Waals surface area (Å²) < 4.78 is 25.7. The zero-order valence-electron chi connectivity index (χ0n) is 6.20. The molecule has 4 heteroatoms. The van der Waals surface area contributed by atoms with E-state index in [2.05, 4.69) is 0 Å². The molecule has 1 nitrogen and oxygen atoms in total. The molecule has 0 spiro atoms. The summed E-state index contributed by atoms with van der Waals surface area (Å²) in [4.78, 5) is 10.2. The van der Waals surface area contributed by atoms with Gasteiger partial charge >= 0.3 is 0 Å². The first-order valence-corrected chi connectivity index (χ1v) is 3.55. The molecule has 0 amide bonds. The average Bonchev–Trinajstić information content (AvgIpc) is 2.08. The Morgan fingerprint density at radius 2 is 2.08 bits per heavy atom. The first-order valence-electron chi connectivity index (χ1n) is 3.17. The summed E-state index contributed by atoms with van der Waals surface area (Å²) in [6.07, 6.45) is 0.313. The van der Waals surface area contributed by atoms with Crippen LogP contribution in [0.3, 0.4) is 0 Å². The third-order valence-electron chi connectivity index (χ3n) is 1.54. The Bertz CT molecular complexity index is 336. The first-order chi connectivity index (χ1) is 5.57. The number of carbonyl (C=O) groups excluding carboxylic acids is 1. The Labute approximate surface area is 73.0 Å². The molecule has 1 aromatic carbocycles. The van der Waals surface area contributed by atoms with Crippen molar-refractivity contribution in [2.24, 2.45) is 0 Å². The minimum absolute atomic E-state index is 0.169. The van der Waals surface area contributed by atoms with Gasteiger partial charge in [-0.3, -0.25) is 4.79 Å². The normalized spacial score (nSPS) is 10.0. The molecule has 64 valence electrons. The van der Waals surface area contributed by atoms with E-state index in [0.717, 1.165) is 6.07 Å². The van der Waals surface area contributed by atoms with Crippen LogP contribution in [0.25, 0.3) is 0 Å². The number of benzene rings is 1. The summed E-state index contributed by atoms with van der Waals surface area (Å²) in [7, 11) is 0.